The lowest BCUT2D eigenvalue weighted by Crippen LogP contribution is -2.53. The van der Waals surface area contributed by atoms with Crippen LogP contribution in [0.4, 0.5) is 5.69 Å². The Morgan fingerprint density at radius 1 is 1.16 bits per heavy atom. The van der Waals surface area contributed by atoms with E-state index < -0.39 is 11.0 Å². The number of anilines is 1. The van der Waals surface area contributed by atoms with E-state index in [-0.39, 0.29) is 17.4 Å². The van der Waals surface area contributed by atoms with Crippen LogP contribution < -0.4 is 10.5 Å². The maximum atomic E-state index is 13.0. The topological polar surface area (TPSA) is 73.5 Å². The minimum atomic E-state index is -0.708. The summed E-state index contributed by atoms with van der Waals surface area (Å²) in [5, 5.41) is 0. The van der Waals surface area contributed by atoms with Gasteiger partial charge in [-0.25, -0.2) is 0 Å². The first-order valence-electron chi connectivity index (χ1n) is 8.39. The third-order valence-corrected chi connectivity index (χ3v) is 5.32. The number of hydrogen-bond acceptors (Lipinski definition) is 3. The maximum Gasteiger partial charge on any atom is 0.260 e. The highest BCUT2D eigenvalue weighted by Gasteiger charge is 2.52. The number of aromatic amines is 1. The highest BCUT2D eigenvalue weighted by molar-refractivity contribution is 6.08. The van der Waals surface area contributed by atoms with E-state index in [1.165, 1.54) is 12.3 Å². The smallest absolute Gasteiger partial charge is 0.260 e. The first kappa shape index (κ1) is 15.6. The fraction of sp³-hybridized carbons (Fsp3) is 0.316. The van der Waals surface area contributed by atoms with Gasteiger partial charge in [-0.15, -0.1) is 0 Å². The van der Waals surface area contributed by atoms with E-state index in [9.17, 15) is 14.4 Å². The van der Waals surface area contributed by atoms with Gasteiger partial charge in [0.2, 0.25) is 5.91 Å². The van der Waals surface area contributed by atoms with Gasteiger partial charge >= 0.3 is 0 Å². The molecule has 25 heavy (non-hydrogen) atoms. The summed E-state index contributed by atoms with van der Waals surface area (Å²) in [7, 11) is 1.78. The summed E-state index contributed by atoms with van der Waals surface area (Å²) in [6, 6.07) is 10.9. The predicted octanol–water partition coefficient (Wildman–Crippen LogP) is 1.53. The van der Waals surface area contributed by atoms with E-state index in [4.69, 9.17) is 0 Å². The van der Waals surface area contributed by atoms with Gasteiger partial charge in [0.05, 0.1) is 5.41 Å². The van der Waals surface area contributed by atoms with E-state index in [1.807, 2.05) is 24.3 Å². The lowest BCUT2D eigenvalue weighted by molar-refractivity contribution is -0.124. The van der Waals surface area contributed by atoms with Crippen LogP contribution in [-0.4, -0.2) is 41.8 Å². The summed E-state index contributed by atoms with van der Waals surface area (Å²) in [6.45, 7) is 0.856. The SMILES string of the molecule is CN1C(=O)[C@]2(CCCN(C(=O)c3ccc[nH]c3=O)C2)c2ccccc21. The lowest BCUT2D eigenvalue weighted by Gasteiger charge is -2.39. The molecule has 1 aromatic heterocycles. The molecule has 1 N–H and O–H groups in total. The molecule has 6 heteroatoms. The molecule has 1 aromatic carbocycles. The number of carbonyl (C=O) groups is 2. The maximum absolute atomic E-state index is 13.0. The average molecular weight is 337 g/mol. The number of fused-ring (bicyclic) bond motifs is 2. The molecule has 0 bridgehead atoms. The predicted molar refractivity (Wildman–Crippen MR) is 93.7 cm³/mol. The van der Waals surface area contributed by atoms with Crippen LogP contribution in [0, 0.1) is 0 Å². The van der Waals surface area contributed by atoms with Crippen molar-refractivity contribution in [3.05, 3.63) is 64.1 Å². The Balaban J connectivity index is 1.73. The standard InChI is InChI=1S/C19H19N3O3/c1-21-15-8-3-2-7-14(15)19(18(21)25)9-5-11-22(12-19)17(24)13-6-4-10-20-16(13)23/h2-4,6-8,10H,5,9,11-12H2,1H3,(H,20,23)/t19-/m0/s1. The Labute approximate surface area is 145 Å². The second-order valence-electron chi connectivity index (χ2n) is 6.71. The quantitative estimate of drug-likeness (QED) is 0.857. The van der Waals surface area contributed by atoms with Gasteiger partial charge in [0.25, 0.3) is 11.5 Å². The molecule has 0 unspecified atom stereocenters. The van der Waals surface area contributed by atoms with Gasteiger partial charge in [0.1, 0.15) is 5.56 Å². The highest BCUT2D eigenvalue weighted by atomic mass is 16.2. The molecule has 4 rings (SSSR count). The van der Waals surface area contributed by atoms with Crippen LogP contribution in [0.2, 0.25) is 0 Å². The molecule has 2 aliphatic heterocycles. The molecule has 1 spiro atoms. The van der Waals surface area contributed by atoms with Crippen molar-refractivity contribution in [2.24, 2.45) is 0 Å². The Hall–Kier alpha value is -2.89. The third-order valence-electron chi connectivity index (χ3n) is 5.32. The van der Waals surface area contributed by atoms with E-state index in [0.717, 1.165) is 17.7 Å². The van der Waals surface area contributed by atoms with E-state index in [2.05, 4.69) is 4.98 Å². The molecule has 1 fully saturated rings. The minimum Gasteiger partial charge on any atom is -0.337 e. The monoisotopic (exact) mass is 337 g/mol. The Morgan fingerprint density at radius 2 is 1.96 bits per heavy atom. The zero-order valence-electron chi connectivity index (χ0n) is 14.0. The number of rotatable bonds is 1. The fourth-order valence-corrected chi connectivity index (χ4v) is 4.10. The van der Waals surface area contributed by atoms with Gasteiger partial charge in [0, 0.05) is 32.0 Å². The third kappa shape index (κ3) is 2.21. The normalized spacial score (nSPS) is 22.4. The Bertz CT molecular complexity index is 920. The molecule has 2 amide bonds. The van der Waals surface area contributed by atoms with Crippen molar-refractivity contribution in [3.63, 3.8) is 0 Å². The summed E-state index contributed by atoms with van der Waals surface area (Å²) in [5.74, 6) is -0.297. The van der Waals surface area contributed by atoms with Crippen molar-refractivity contribution in [2.75, 3.05) is 25.0 Å². The van der Waals surface area contributed by atoms with Gasteiger partial charge in [-0.3, -0.25) is 14.4 Å². The molecule has 2 aromatic rings. The van der Waals surface area contributed by atoms with Crippen molar-refractivity contribution in [3.8, 4) is 0 Å². The highest BCUT2D eigenvalue weighted by Crippen LogP contribution is 2.46. The van der Waals surface area contributed by atoms with E-state index in [0.29, 0.717) is 19.5 Å². The van der Waals surface area contributed by atoms with Gasteiger partial charge in [-0.05, 0) is 36.6 Å². The second-order valence-corrected chi connectivity index (χ2v) is 6.71. The largest absolute Gasteiger partial charge is 0.337 e. The van der Waals surface area contributed by atoms with Crippen molar-refractivity contribution < 1.29 is 9.59 Å². The zero-order valence-corrected chi connectivity index (χ0v) is 14.0. The minimum absolute atomic E-state index is 0.0215. The van der Waals surface area contributed by atoms with Crippen molar-refractivity contribution in [1.29, 1.82) is 0 Å². The molecule has 0 aliphatic carbocycles. The number of H-pyrrole nitrogens is 1. The molecule has 3 heterocycles. The van der Waals surface area contributed by atoms with Crippen LogP contribution in [0.3, 0.4) is 0 Å². The number of nitrogens with one attached hydrogen (secondary N) is 1. The van der Waals surface area contributed by atoms with Gasteiger partial charge < -0.3 is 14.8 Å². The summed E-state index contributed by atoms with van der Waals surface area (Å²) >= 11 is 0. The molecular formula is C19H19N3O3. The van der Waals surface area contributed by atoms with Crippen molar-refractivity contribution >= 4 is 17.5 Å². The number of likely N-dealkylation sites (tertiary alicyclic amines) is 1. The van der Waals surface area contributed by atoms with E-state index in [1.54, 1.807) is 22.9 Å². The number of aromatic nitrogens is 1. The average Bonchev–Trinajstić information content (AvgIpc) is 2.84. The fourth-order valence-electron chi connectivity index (χ4n) is 4.10. The van der Waals surface area contributed by atoms with Crippen LogP contribution in [0.15, 0.2) is 47.4 Å². The molecule has 128 valence electrons. The molecule has 1 saturated heterocycles. The molecule has 0 radical (unpaired) electrons. The number of amides is 2. The summed E-state index contributed by atoms with van der Waals surface area (Å²) in [5.41, 5.74) is 0.885. The number of hydrogen-bond donors (Lipinski definition) is 1. The second kappa shape index (κ2) is 5.58. The van der Waals surface area contributed by atoms with Crippen molar-refractivity contribution in [2.45, 2.75) is 18.3 Å². The first-order valence-corrected chi connectivity index (χ1v) is 8.39. The number of carbonyl (C=O) groups excluding carboxylic acids is 2. The number of pyridine rings is 1. The molecular weight excluding hydrogens is 318 g/mol. The number of nitrogens with zero attached hydrogens (tertiary/aromatic N) is 2. The van der Waals surface area contributed by atoms with Crippen LogP contribution in [0.5, 0.6) is 0 Å². The molecule has 6 nitrogen and oxygen atoms in total. The zero-order chi connectivity index (χ0) is 17.6. The van der Waals surface area contributed by atoms with Gasteiger partial charge in [-0.1, -0.05) is 18.2 Å². The van der Waals surface area contributed by atoms with Crippen LogP contribution >= 0.6 is 0 Å². The first-order chi connectivity index (χ1) is 12.0. The summed E-state index contributed by atoms with van der Waals surface area (Å²) in [6.07, 6.45) is 2.94. The number of benzene rings is 1. The van der Waals surface area contributed by atoms with Gasteiger partial charge in [0.15, 0.2) is 0 Å². The summed E-state index contributed by atoms with van der Waals surface area (Å²) in [4.78, 5) is 43.7. The van der Waals surface area contributed by atoms with Crippen LogP contribution in [-0.2, 0) is 10.2 Å². The number of piperidine rings is 1. The molecule has 0 saturated carbocycles. The number of likely N-dealkylation sites (N-methyl/N-ethyl adjacent to an activating group) is 1. The van der Waals surface area contributed by atoms with Crippen LogP contribution in [0.25, 0.3) is 0 Å². The van der Waals surface area contributed by atoms with Crippen molar-refractivity contribution in [1.82, 2.24) is 9.88 Å². The van der Waals surface area contributed by atoms with E-state index >= 15 is 0 Å². The lowest BCUT2D eigenvalue weighted by atomic mass is 9.75. The van der Waals surface area contributed by atoms with Gasteiger partial charge in [-0.2, -0.15) is 0 Å². The Kier molecular flexibility index (Phi) is 3.49. The number of para-hydroxylation sites is 1. The molecule has 2 aliphatic rings. The summed E-state index contributed by atoms with van der Waals surface area (Å²) < 4.78 is 0. The van der Waals surface area contributed by atoms with Crippen LogP contribution in [0.1, 0.15) is 28.8 Å². The molecule has 1 atom stereocenters. The Morgan fingerprint density at radius 3 is 2.76 bits per heavy atom.